The van der Waals surface area contributed by atoms with Crippen molar-refractivity contribution in [2.75, 3.05) is 12.8 Å². The highest BCUT2D eigenvalue weighted by atomic mass is 16.5. The normalized spacial score (nSPS) is 10.5. The van der Waals surface area contributed by atoms with Crippen molar-refractivity contribution in [2.24, 2.45) is 0 Å². The number of nitrogens with zero attached hydrogens (tertiary/aromatic N) is 4. The van der Waals surface area contributed by atoms with Crippen LogP contribution in [0.25, 0.3) is 45.6 Å². The lowest BCUT2D eigenvalue weighted by Gasteiger charge is -2.13. The quantitative estimate of drug-likeness (QED) is 0.194. The molecule has 44 heavy (non-hydrogen) atoms. The lowest BCUT2D eigenvalue weighted by molar-refractivity contribution is 0.0948. The molecule has 0 atom stereocenters. The largest absolute Gasteiger partial charge is 0.495 e. The maximum atomic E-state index is 13.0. The van der Waals surface area contributed by atoms with E-state index in [-0.39, 0.29) is 5.91 Å². The van der Waals surface area contributed by atoms with Crippen LogP contribution in [-0.2, 0) is 6.54 Å². The van der Waals surface area contributed by atoms with Gasteiger partial charge in [-0.25, -0.2) is 15.0 Å². The van der Waals surface area contributed by atoms with Crippen LogP contribution in [0, 0.1) is 0 Å². The Kier molecular flexibility index (Phi) is 9.10. The van der Waals surface area contributed by atoms with Gasteiger partial charge in [0.15, 0.2) is 11.5 Å². The number of imidazole rings is 1. The zero-order valence-electron chi connectivity index (χ0n) is 25.0. The summed E-state index contributed by atoms with van der Waals surface area (Å²) in [4.78, 5) is 27.2. The number of carbonyl (C=O) groups is 1. The fourth-order valence-electron chi connectivity index (χ4n) is 4.92. The first-order valence-electron chi connectivity index (χ1n) is 14.4. The second-order valence-corrected chi connectivity index (χ2v) is 9.59. The third-order valence-electron chi connectivity index (χ3n) is 7.02. The van der Waals surface area contributed by atoms with Crippen molar-refractivity contribution >= 4 is 29.0 Å². The Labute approximate surface area is 256 Å². The van der Waals surface area contributed by atoms with Crippen LogP contribution in [0.2, 0.25) is 0 Å². The van der Waals surface area contributed by atoms with Gasteiger partial charge in [-0.2, -0.15) is 0 Å². The molecule has 6 aromatic rings. The SMILES string of the molecule is C=Cc1cccc(C(=O)NCc2ccc(-n3c(-c4cccnc4N)nc4ccc(-c5ccccc5)nc43)cc2)c1OC.CC. The van der Waals surface area contributed by atoms with E-state index >= 15 is 0 Å². The fraction of sp³-hybridized carbons (Fsp3) is 0.111. The number of hydrogen-bond donors (Lipinski definition) is 2. The van der Waals surface area contributed by atoms with E-state index in [1.54, 1.807) is 25.4 Å². The minimum atomic E-state index is -0.229. The first-order chi connectivity index (χ1) is 21.6. The van der Waals surface area contributed by atoms with Gasteiger partial charge < -0.3 is 15.8 Å². The molecule has 0 saturated heterocycles. The summed E-state index contributed by atoms with van der Waals surface area (Å²) in [5, 5.41) is 2.99. The van der Waals surface area contributed by atoms with Crippen LogP contribution in [-0.4, -0.2) is 32.5 Å². The van der Waals surface area contributed by atoms with Gasteiger partial charge in [-0.1, -0.05) is 81.1 Å². The van der Waals surface area contributed by atoms with Crippen LogP contribution in [0.15, 0.2) is 110 Å². The highest BCUT2D eigenvalue weighted by Crippen LogP contribution is 2.32. The summed E-state index contributed by atoms with van der Waals surface area (Å²) in [6.07, 6.45) is 3.32. The highest BCUT2D eigenvalue weighted by Gasteiger charge is 2.19. The average Bonchev–Trinajstić information content (AvgIpc) is 3.47. The molecule has 3 N–H and O–H groups in total. The molecular formula is C36H34N6O2. The van der Waals surface area contributed by atoms with Crippen molar-refractivity contribution in [3.63, 3.8) is 0 Å². The Morgan fingerprint density at radius 3 is 2.41 bits per heavy atom. The number of aromatic nitrogens is 4. The van der Waals surface area contributed by atoms with Crippen molar-refractivity contribution in [2.45, 2.75) is 20.4 Å². The lowest BCUT2D eigenvalue weighted by Crippen LogP contribution is -2.23. The van der Waals surface area contributed by atoms with Gasteiger partial charge in [0.2, 0.25) is 0 Å². The summed E-state index contributed by atoms with van der Waals surface area (Å²) in [6, 6.07) is 31.0. The molecule has 0 bridgehead atoms. The average molecular weight is 583 g/mol. The number of fused-ring (bicyclic) bond motifs is 1. The monoisotopic (exact) mass is 582 g/mol. The number of carbonyl (C=O) groups excluding carboxylic acids is 1. The van der Waals surface area contributed by atoms with Gasteiger partial charge >= 0.3 is 0 Å². The molecule has 3 aromatic heterocycles. The number of nitrogens with two attached hydrogens (primary N) is 1. The van der Waals surface area contributed by atoms with Gasteiger partial charge in [0, 0.05) is 29.6 Å². The van der Waals surface area contributed by atoms with Gasteiger partial charge in [-0.3, -0.25) is 9.36 Å². The fourth-order valence-corrected chi connectivity index (χ4v) is 4.92. The van der Waals surface area contributed by atoms with Crippen LogP contribution in [0.5, 0.6) is 5.75 Å². The molecule has 6 rings (SSSR count). The molecule has 0 aliphatic carbocycles. The number of anilines is 1. The molecule has 0 unspecified atom stereocenters. The van der Waals surface area contributed by atoms with Crippen LogP contribution < -0.4 is 15.8 Å². The van der Waals surface area contributed by atoms with Crippen LogP contribution in [0.4, 0.5) is 5.82 Å². The Morgan fingerprint density at radius 1 is 0.932 bits per heavy atom. The third-order valence-corrected chi connectivity index (χ3v) is 7.02. The Hall–Kier alpha value is -5.76. The van der Waals surface area contributed by atoms with Crippen molar-refractivity contribution in [3.8, 4) is 34.1 Å². The number of amides is 1. The molecule has 8 nitrogen and oxygen atoms in total. The molecular weight excluding hydrogens is 548 g/mol. The summed E-state index contributed by atoms with van der Waals surface area (Å²) < 4.78 is 7.45. The Morgan fingerprint density at radius 2 is 1.70 bits per heavy atom. The molecule has 3 aromatic carbocycles. The molecule has 0 aliphatic heterocycles. The number of ether oxygens (including phenoxy) is 1. The van der Waals surface area contributed by atoms with Gasteiger partial charge in [-0.15, -0.1) is 0 Å². The molecule has 220 valence electrons. The number of para-hydroxylation sites is 1. The number of rotatable bonds is 8. The van der Waals surface area contributed by atoms with E-state index in [1.165, 1.54) is 0 Å². The summed E-state index contributed by atoms with van der Waals surface area (Å²) in [6.45, 7) is 8.14. The molecule has 1 amide bonds. The van der Waals surface area contributed by atoms with E-state index in [0.717, 1.165) is 33.6 Å². The van der Waals surface area contributed by atoms with E-state index in [9.17, 15) is 4.79 Å². The predicted octanol–water partition coefficient (Wildman–Crippen LogP) is 7.34. The van der Waals surface area contributed by atoms with Gasteiger partial charge in [-0.05, 0) is 48.0 Å². The first-order valence-corrected chi connectivity index (χ1v) is 14.4. The summed E-state index contributed by atoms with van der Waals surface area (Å²) in [5.41, 5.74) is 13.3. The molecule has 0 saturated carbocycles. The smallest absolute Gasteiger partial charge is 0.255 e. The van der Waals surface area contributed by atoms with E-state index in [2.05, 4.69) is 16.9 Å². The van der Waals surface area contributed by atoms with Crippen LogP contribution >= 0.6 is 0 Å². The van der Waals surface area contributed by atoms with Crippen LogP contribution in [0.3, 0.4) is 0 Å². The molecule has 0 aliphatic rings. The zero-order chi connectivity index (χ0) is 31.1. The predicted molar refractivity (Wildman–Crippen MR) is 178 cm³/mol. The zero-order valence-corrected chi connectivity index (χ0v) is 25.0. The summed E-state index contributed by atoms with van der Waals surface area (Å²) in [5.74, 6) is 1.29. The number of nitrogens with one attached hydrogen (secondary N) is 1. The standard InChI is InChI=1S/C34H28N6O2.C2H6/c1-3-23-11-7-12-26(30(23)42-2)34(41)37-21-22-14-16-25(17-15-22)40-32(27-13-8-20-36-31(27)35)39-29-19-18-28(38-33(29)40)24-9-5-4-6-10-24;1-2/h3-20H,1,21H2,2H3,(H2,35,36)(H,37,41);1-2H3. The number of benzene rings is 3. The van der Waals surface area contributed by atoms with E-state index in [1.807, 2.05) is 109 Å². The maximum absolute atomic E-state index is 13.0. The third kappa shape index (κ3) is 5.91. The second kappa shape index (κ2) is 13.5. The molecule has 0 radical (unpaired) electrons. The van der Waals surface area contributed by atoms with E-state index < -0.39 is 0 Å². The topological polar surface area (TPSA) is 108 Å². The second-order valence-electron chi connectivity index (χ2n) is 9.59. The number of methoxy groups -OCH3 is 1. The number of hydrogen-bond acceptors (Lipinski definition) is 6. The molecule has 8 heteroatoms. The van der Waals surface area contributed by atoms with Gasteiger partial charge in [0.05, 0.1) is 23.9 Å². The maximum Gasteiger partial charge on any atom is 0.255 e. The molecule has 3 heterocycles. The van der Waals surface area contributed by atoms with Gasteiger partial charge in [0.1, 0.15) is 17.1 Å². The number of pyridine rings is 2. The van der Waals surface area contributed by atoms with Crippen molar-refractivity contribution < 1.29 is 9.53 Å². The first kappa shape index (κ1) is 29.7. The number of nitrogen functional groups attached to an aromatic ring is 1. The minimum absolute atomic E-state index is 0.229. The van der Waals surface area contributed by atoms with Crippen molar-refractivity contribution in [1.82, 2.24) is 24.8 Å². The summed E-state index contributed by atoms with van der Waals surface area (Å²) in [7, 11) is 1.54. The van der Waals surface area contributed by atoms with Crippen molar-refractivity contribution in [1.29, 1.82) is 0 Å². The minimum Gasteiger partial charge on any atom is -0.495 e. The molecule has 0 fully saturated rings. The van der Waals surface area contributed by atoms with Crippen molar-refractivity contribution in [3.05, 3.63) is 127 Å². The highest BCUT2D eigenvalue weighted by molar-refractivity contribution is 5.98. The Bertz CT molecular complexity index is 1910. The summed E-state index contributed by atoms with van der Waals surface area (Å²) >= 11 is 0. The van der Waals surface area contributed by atoms with E-state index in [4.69, 9.17) is 20.4 Å². The van der Waals surface area contributed by atoms with E-state index in [0.29, 0.717) is 40.7 Å². The Balaban J connectivity index is 0.00000188. The van der Waals surface area contributed by atoms with Gasteiger partial charge in [0.25, 0.3) is 5.91 Å². The van der Waals surface area contributed by atoms with Crippen LogP contribution in [0.1, 0.15) is 35.3 Å². The lowest BCUT2D eigenvalue weighted by atomic mass is 10.1. The molecule has 0 spiro atoms.